The van der Waals surface area contributed by atoms with E-state index in [1.165, 1.54) is 4.90 Å². The molecule has 1 amide bonds. The van der Waals surface area contributed by atoms with Crippen molar-refractivity contribution in [3.05, 3.63) is 29.8 Å². The fraction of sp³-hybridized carbons (Fsp3) is 0.462. The number of rotatable bonds is 6. The maximum Gasteiger partial charge on any atom is 0.249 e. The molecule has 0 saturated carbocycles. The van der Waals surface area contributed by atoms with Gasteiger partial charge in [-0.25, -0.2) is 10.3 Å². The van der Waals surface area contributed by atoms with E-state index in [2.05, 4.69) is 11.5 Å². The van der Waals surface area contributed by atoms with E-state index >= 15 is 0 Å². The highest BCUT2D eigenvalue weighted by atomic mass is 32.2. The number of hydroxylamine groups is 1. The molecule has 0 saturated heterocycles. The number of thioether (sulfide) groups is 1. The van der Waals surface area contributed by atoms with Crippen LogP contribution in [0.1, 0.15) is 26.3 Å². The summed E-state index contributed by atoms with van der Waals surface area (Å²) >= 11 is 1.68. The standard InChI is InChI=1S/C13H20N2O2S/c1-13(2,3)17-15(10-16)14-9-11-7-5-6-8-12(11)18-4/h5-8,10,14H,9H2,1-4H3. The summed E-state index contributed by atoms with van der Waals surface area (Å²) in [5, 5.41) is 1.12. The number of hydrazine groups is 1. The Morgan fingerprint density at radius 3 is 2.61 bits per heavy atom. The highest BCUT2D eigenvalue weighted by Crippen LogP contribution is 2.19. The van der Waals surface area contributed by atoms with Crippen LogP contribution in [-0.2, 0) is 16.2 Å². The molecule has 18 heavy (non-hydrogen) atoms. The van der Waals surface area contributed by atoms with Crippen molar-refractivity contribution in [2.24, 2.45) is 0 Å². The minimum Gasteiger partial charge on any atom is -0.275 e. The van der Waals surface area contributed by atoms with Crippen LogP contribution in [0.15, 0.2) is 29.2 Å². The number of carbonyl (C=O) groups is 1. The summed E-state index contributed by atoms with van der Waals surface area (Å²) in [5.41, 5.74) is 3.67. The van der Waals surface area contributed by atoms with Crippen molar-refractivity contribution in [1.29, 1.82) is 0 Å². The molecule has 0 aromatic heterocycles. The molecule has 0 radical (unpaired) electrons. The Balaban J connectivity index is 2.60. The highest BCUT2D eigenvalue weighted by molar-refractivity contribution is 7.98. The van der Waals surface area contributed by atoms with Crippen molar-refractivity contribution in [2.75, 3.05) is 6.26 Å². The first-order valence-electron chi connectivity index (χ1n) is 5.75. The molecule has 0 fully saturated rings. The van der Waals surface area contributed by atoms with Crippen molar-refractivity contribution in [1.82, 2.24) is 10.6 Å². The van der Waals surface area contributed by atoms with Gasteiger partial charge < -0.3 is 0 Å². The fourth-order valence-corrected chi connectivity index (χ4v) is 2.02. The van der Waals surface area contributed by atoms with Gasteiger partial charge in [0.2, 0.25) is 6.41 Å². The molecular weight excluding hydrogens is 248 g/mol. The number of amides is 1. The minimum absolute atomic E-state index is 0.410. The molecule has 100 valence electrons. The second kappa shape index (κ2) is 6.78. The third kappa shape index (κ3) is 5.08. The monoisotopic (exact) mass is 268 g/mol. The second-order valence-corrected chi connectivity index (χ2v) is 5.63. The van der Waals surface area contributed by atoms with Crippen molar-refractivity contribution >= 4 is 18.2 Å². The van der Waals surface area contributed by atoms with Crippen LogP contribution in [0.25, 0.3) is 0 Å². The Morgan fingerprint density at radius 1 is 1.39 bits per heavy atom. The van der Waals surface area contributed by atoms with Gasteiger partial charge >= 0.3 is 0 Å². The van der Waals surface area contributed by atoms with Crippen LogP contribution >= 0.6 is 11.8 Å². The molecule has 0 aliphatic rings. The van der Waals surface area contributed by atoms with Gasteiger partial charge in [0.1, 0.15) is 0 Å². The topological polar surface area (TPSA) is 41.6 Å². The Labute approximate surface area is 113 Å². The molecule has 0 atom stereocenters. The van der Waals surface area contributed by atoms with Gasteiger partial charge in [-0.2, -0.15) is 5.17 Å². The normalized spacial score (nSPS) is 11.3. The zero-order valence-corrected chi connectivity index (χ0v) is 12.1. The summed E-state index contributed by atoms with van der Waals surface area (Å²) in [6, 6.07) is 8.06. The maximum atomic E-state index is 10.9. The van der Waals surface area contributed by atoms with Crippen LogP contribution in [0.3, 0.4) is 0 Å². The Bertz CT molecular complexity index is 391. The van der Waals surface area contributed by atoms with Crippen molar-refractivity contribution in [3.63, 3.8) is 0 Å². The van der Waals surface area contributed by atoms with Crippen molar-refractivity contribution in [2.45, 2.75) is 37.8 Å². The first kappa shape index (κ1) is 15.0. The molecule has 0 heterocycles. The number of hydrogen-bond acceptors (Lipinski definition) is 4. The van der Waals surface area contributed by atoms with E-state index < -0.39 is 5.60 Å². The average Bonchev–Trinajstić information content (AvgIpc) is 2.33. The summed E-state index contributed by atoms with van der Waals surface area (Å²) in [4.78, 5) is 17.5. The molecule has 0 aliphatic heterocycles. The second-order valence-electron chi connectivity index (χ2n) is 4.78. The van der Waals surface area contributed by atoms with Gasteiger partial charge in [0.25, 0.3) is 0 Å². The summed E-state index contributed by atoms with van der Waals surface area (Å²) in [6.45, 7) is 6.22. The summed E-state index contributed by atoms with van der Waals surface area (Å²) in [6.07, 6.45) is 2.66. The van der Waals surface area contributed by atoms with E-state index in [1.807, 2.05) is 45.2 Å². The molecule has 5 heteroatoms. The van der Waals surface area contributed by atoms with Crippen LogP contribution in [0, 0.1) is 0 Å². The van der Waals surface area contributed by atoms with E-state index in [9.17, 15) is 4.79 Å². The van der Waals surface area contributed by atoms with E-state index in [-0.39, 0.29) is 0 Å². The molecule has 0 spiro atoms. The zero-order chi connectivity index (χ0) is 13.6. The Kier molecular flexibility index (Phi) is 5.65. The van der Waals surface area contributed by atoms with Crippen molar-refractivity contribution < 1.29 is 9.63 Å². The molecule has 1 aromatic carbocycles. The summed E-state index contributed by atoms with van der Waals surface area (Å²) in [5.74, 6) is 0. The fourth-order valence-electron chi connectivity index (χ4n) is 1.40. The molecule has 1 aromatic rings. The minimum atomic E-state index is -0.410. The van der Waals surface area contributed by atoms with Gasteiger partial charge in [-0.1, -0.05) is 18.2 Å². The highest BCUT2D eigenvalue weighted by Gasteiger charge is 2.16. The maximum absolute atomic E-state index is 10.9. The Morgan fingerprint density at radius 2 is 2.06 bits per heavy atom. The van der Waals surface area contributed by atoms with Gasteiger partial charge in [-0.3, -0.25) is 4.79 Å². The quantitative estimate of drug-likeness (QED) is 0.489. The van der Waals surface area contributed by atoms with Crippen LogP contribution in [-0.4, -0.2) is 23.4 Å². The third-order valence-corrected chi connectivity index (χ3v) is 2.92. The van der Waals surface area contributed by atoms with Gasteiger partial charge in [0.15, 0.2) is 0 Å². The number of benzene rings is 1. The van der Waals surface area contributed by atoms with E-state index in [0.717, 1.165) is 10.7 Å². The first-order chi connectivity index (χ1) is 8.46. The number of carbonyl (C=O) groups excluding carboxylic acids is 1. The van der Waals surface area contributed by atoms with Gasteiger partial charge in [-0.15, -0.1) is 11.8 Å². The lowest BCUT2D eigenvalue weighted by Gasteiger charge is -2.26. The first-order valence-corrected chi connectivity index (χ1v) is 6.98. The molecule has 1 rings (SSSR count). The summed E-state index contributed by atoms with van der Waals surface area (Å²) in [7, 11) is 0. The SMILES string of the molecule is CSc1ccccc1CNN(C=O)OC(C)(C)C. The summed E-state index contributed by atoms with van der Waals surface area (Å²) < 4.78 is 0. The lowest BCUT2D eigenvalue weighted by Crippen LogP contribution is -2.42. The van der Waals surface area contributed by atoms with Gasteiger partial charge in [0.05, 0.1) is 5.60 Å². The van der Waals surface area contributed by atoms with Crippen LogP contribution in [0.2, 0.25) is 0 Å². The number of hydrogen-bond donors (Lipinski definition) is 1. The zero-order valence-electron chi connectivity index (χ0n) is 11.3. The van der Waals surface area contributed by atoms with Crippen molar-refractivity contribution in [3.8, 4) is 0 Å². The van der Waals surface area contributed by atoms with E-state index in [1.54, 1.807) is 11.8 Å². The smallest absolute Gasteiger partial charge is 0.249 e. The lowest BCUT2D eigenvalue weighted by molar-refractivity contribution is -0.239. The van der Waals surface area contributed by atoms with E-state index in [4.69, 9.17) is 4.84 Å². The average molecular weight is 268 g/mol. The molecule has 0 aliphatic carbocycles. The number of nitrogens with zero attached hydrogens (tertiary/aromatic N) is 1. The van der Waals surface area contributed by atoms with Crippen LogP contribution in [0.4, 0.5) is 0 Å². The largest absolute Gasteiger partial charge is 0.275 e. The molecule has 0 bridgehead atoms. The number of nitrogens with one attached hydrogen (secondary N) is 1. The lowest BCUT2D eigenvalue weighted by atomic mass is 10.2. The molecule has 1 N–H and O–H groups in total. The molecule has 4 nitrogen and oxygen atoms in total. The van der Waals surface area contributed by atoms with Gasteiger partial charge in [-0.05, 0) is 38.7 Å². The molecule has 0 unspecified atom stereocenters. The Hall–Kier alpha value is -1.04. The van der Waals surface area contributed by atoms with E-state index in [0.29, 0.717) is 13.0 Å². The van der Waals surface area contributed by atoms with Gasteiger partial charge in [0, 0.05) is 11.4 Å². The predicted molar refractivity (Wildman–Crippen MR) is 73.8 cm³/mol. The predicted octanol–water partition coefficient (Wildman–Crippen LogP) is 2.60. The third-order valence-electron chi connectivity index (χ3n) is 2.09. The van der Waals surface area contributed by atoms with Crippen LogP contribution in [0.5, 0.6) is 0 Å². The molecular formula is C13H20N2O2S. The van der Waals surface area contributed by atoms with Crippen LogP contribution < -0.4 is 5.43 Å².